The monoisotopic (exact) mass is 475 g/mol. The minimum atomic E-state index is -3.56. The highest BCUT2D eigenvalue weighted by Gasteiger charge is 2.26. The number of sulfone groups is 1. The Kier molecular flexibility index (Phi) is 7.86. The van der Waals surface area contributed by atoms with Gasteiger partial charge in [-0.15, -0.1) is 0 Å². The number of likely N-dealkylation sites (N-methyl/N-ethyl adjacent to an activating group) is 1. The van der Waals surface area contributed by atoms with Crippen molar-refractivity contribution in [1.29, 1.82) is 0 Å². The van der Waals surface area contributed by atoms with Gasteiger partial charge in [-0.25, -0.2) is 13.4 Å². The molecule has 0 unspecified atom stereocenters. The predicted octanol–water partition coefficient (Wildman–Crippen LogP) is 4.09. The molecular formula is C23H29N3O4S2. The molecule has 0 fully saturated rings. The summed E-state index contributed by atoms with van der Waals surface area (Å²) in [5.74, 6) is 0.376. The normalized spacial score (nSPS) is 11.8. The molecule has 3 rings (SSSR count). The van der Waals surface area contributed by atoms with Gasteiger partial charge in [0, 0.05) is 19.3 Å². The molecule has 2 aromatic carbocycles. The van der Waals surface area contributed by atoms with Crippen LogP contribution in [0, 0.1) is 0 Å². The zero-order valence-electron chi connectivity index (χ0n) is 18.9. The van der Waals surface area contributed by atoms with Crippen LogP contribution in [-0.2, 0) is 9.84 Å². The number of carbonyl (C=O) groups excluding carboxylic acids is 1. The number of rotatable bonds is 10. The second-order valence-corrected chi connectivity index (χ2v) is 10.3. The molecule has 0 atom stereocenters. The average Bonchev–Trinajstić information content (AvgIpc) is 3.19. The Morgan fingerprint density at radius 2 is 1.78 bits per heavy atom. The second kappa shape index (κ2) is 10.4. The quantitative estimate of drug-likeness (QED) is 0.439. The summed E-state index contributed by atoms with van der Waals surface area (Å²) in [4.78, 5) is 22.1. The van der Waals surface area contributed by atoms with E-state index in [2.05, 4.69) is 23.7 Å². The molecule has 1 aromatic heterocycles. The summed E-state index contributed by atoms with van der Waals surface area (Å²) in [5, 5.41) is 0.536. The van der Waals surface area contributed by atoms with Crippen molar-refractivity contribution in [2.45, 2.75) is 25.7 Å². The van der Waals surface area contributed by atoms with Gasteiger partial charge in [-0.1, -0.05) is 37.3 Å². The van der Waals surface area contributed by atoms with Crippen LogP contribution in [0.25, 0.3) is 10.2 Å². The Morgan fingerprint density at radius 1 is 1.06 bits per heavy atom. The molecule has 9 heteroatoms. The molecular weight excluding hydrogens is 446 g/mol. The number of anilines is 1. The summed E-state index contributed by atoms with van der Waals surface area (Å²) in [6.45, 7) is 9.40. The summed E-state index contributed by atoms with van der Waals surface area (Å²) >= 11 is 1.39. The summed E-state index contributed by atoms with van der Waals surface area (Å²) in [5.41, 5.74) is 0.925. The molecule has 3 aromatic rings. The van der Waals surface area contributed by atoms with E-state index in [1.807, 2.05) is 25.1 Å². The number of carbonyl (C=O) groups is 1. The van der Waals surface area contributed by atoms with Gasteiger partial charge in [-0.3, -0.25) is 9.69 Å². The van der Waals surface area contributed by atoms with E-state index in [9.17, 15) is 13.2 Å². The molecule has 0 saturated carbocycles. The number of amides is 1. The first-order chi connectivity index (χ1) is 15.3. The molecule has 0 aliphatic rings. The fourth-order valence-electron chi connectivity index (χ4n) is 3.44. The maximum absolute atomic E-state index is 13.6. The van der Waals surface area contributed by atoms with Gasteiger partial charge in [0.1, 0.15) is 5.75 Å². The van der Waals surface area contributed by atoms with Gasteiger partial charge in [0.25, 0.3) is 5.91 Å². The summed E-state index contributed by atoms with van der Waals surface area (Å²) in [6, 6.07) is 12.0. The third-order valence-corrected chi connectivity index (χ3v) is 7.38. The number of nitrogens with zero attached hydrogens (tertiary/aromatic N) is 3. The fourth-order valence-corrected chi connectivity index (χ4v) is 5.34. The van der Waals surface area contributed by atoms with Gasteiger partial charge in [-0.05, 0) is 50.3 Å². The molecule has 172 valence electrons. The van der Waals surface area contributed by atoms with E-state index in [4.69, 9.17) is 4.74 Å². The highest BCUT2D eigenvalue weighted by Crippen LogP contribution is 2.33. The number of hydrogen-bond acceptors (Lipinski definition) is 7. The maximum Gasteiger partial charge on any atom is 0.261 e. The van der Waals surface area contributed by atoms with Gasteiger partial charge >= 0.3 is 0 Å². The van der Waals surface area contributed by atoms with Crippen LogP contribution < -0.4 is 9.64 Å². The summed E-state index contributed by atoms with van der Waals surface area (Å²) < 4.78 is 31.1. The minimum Gasteiger partial charge on any atom is -0.494 e. The van der Waals surface area contributed by atoms with Crippen molar-refractivity contribution in [2.24, 2.45) is 0 Å². The number of benzene rings is 2. The zero-order chi connectivity index (χ0) is 23.3. The minimum absolute atomic E-state index is 0.0255. The van der Waals surface area contributed by atoms with Crippen molar-refractivity contribution in [2.75, 3.05) is 43.9 Å². The van der Waals surface area contributed by atoms with Gasteiger partial charge < -0.3 is 9.64 Å². The van der Waals surface area contributed by atoms with Crippen molar-refractivity contribution in [1.82, 2.24) is 9.88 Å². The molecule has 7 nitrogen and oxygen atoms in total. The lowest BCUT2D eigenvalue weighted by atomic mass is 10.2. The third kappa shape index (κ3) is 5.46. The SMILES string of the molecule is CCOc1ccc2nc(N(CCN(CC)CC)C(=O)c3ccccc3S(C)(=O)=O)sc2c1. The maximum atomic E-state index is 13.6. The first kappa shape index (κ1) is 24.2. The van der Waals surface area contributed by atoms with Crippen LogP contribution in [-0.4, -0.2) is 63.3 Å². The smallest absolute Gasteiger partial charge is 0.261 e. The van der Waals surface area contributed by atoms with Gasteiger partial charge in [0.2, 0.25) is 0 Å². The van der Waals surface area contributed by atoms with E-state index in [1.165, 1.54) is 17.4 Å². The Labute approximate surface area is 193 Å². The van der Waals surface area contributed by atoms with Gasteiger partial charge in [0.15, 0.2) is 15.0 Å². The van der Waals surface area contributed by atoms with E-state index >= 15 is 0 Å². The van der Waals surface area contributed by atoms with Crippen LogP contribution in [0.15, 0.2) is 47.4 Å². The lowest BCUT2D eigenvalue weighted by Crippen LogP contribution is -2.39. The van der Waals surface area contributed by atoms with Crippen LogP contribution in [0.5, 0.6) is 5.75 Å². The van der Waals surface area contributed by atoms with E-state index < -0.39 is 9.84 Å². The van der Waals surface area contributed by atoms with Crippen molar-refractivity contribution in [3.05, 3.63) is 48.0 Å². The lowest BCUT2D eigenvalue weighted by molar-refractivity contribution is 0.0980. The zero-order valence-corrected chi connectivity index (χ0v) is 20.5. The average molecular weight is 476 g/mol. The molecule has 0 bridgehead atoms. The van der Waals surface area contributed by atoms with E-state index in [0.29, 0.717) is 24.8 Å². The van der Waals surface area contributed by atoms with Crippen LogP contribution in [0.1, 0.15) is 31.1 Å². The summed E-state index contributed by atoms with van der Waals surface area (Å²) in [6.07, 6.45) is 1.12. The molecule has 1 amide bonds. The van der Waals surface area contributed by atoms with Crippen LogP contribution in [0.4, 0.5) is 5.13 Å². The first-order valence-electron chi connectivity index (χ1n) is 10.6. The Bertz CT molecular complexity index is 1190. The molecule has 1 heterocycles. The molecule has 0 radical (unpaired) electrons. The third-order valence-electron chi connectivity index (χ3n) is 5.19. The molecule has 0 saturated heterocycles. The van der Waals surface area contributed by atoms with Crippen molar-refractivity contribution >= 4 is 42.4 Å². The molecule has 0 N–H and O–H groups in total. The van der Waals surface area contributed by atoms with E-state index in [1.54, 1.807) is 23.1 Å². The highest BCUT2D eigenvalue weighted by molar-refractivity contribution is 7.90. The number of hydrogen-bond donors (Lipinski definition) is 0. The van der Waals surface area contributed by atoms with E-state index in [-0.39, 0.29) is 16.4 Å². The molecule has 0 aliphatic heterocycles. The van der Waals surface area contributed by atoms with Crippen LogP contribution in [0.3, 0.4) is 0 Å². The Hall–Kier alpha value is -2.49. The predicted molar refractivity (Wildman–Crippen MR) is 130 cm³/mol. The number of fused-ring (bicyclic) bond motifs is 1. The lowest BCUT2D eigenvalue weighted by Gasteiger charge is -2.25. The fraction of sp³-hybridized carbons (Fsp3) is 0.391. The molecule has 0 spiro atoms. The number of ether oxygens (including phenoxy) is 1. The Morgan fingerprint density at radius 3 is 2.44 bits per heavy atom. The van der Waals surface area contributed by atoms with Gasteiger partial charge in [-0.2, -0.15) is 0 Å². The van der Waals surface area contributed by atoms with Crippen molar-refractivity contribution in [3.8, 4) is 5.75 Å². The topological polar surface area (TPSA) is 79.8 Å². The van der Waals surface area contributed by atoms with Crippen molar-refractivity contribution in [3.63, 3.8) is 0 Å². The van der Waals surface area contributed by atoms with Crippen molar-refractivity contribution < 1.29 is 17.9 Å². The number of aromatic nitrogens is 1. The van der Waals surface area contributed by atoms with Crippen LogP contribution >= 0.6 is 11.3 Å². The standard InChI is InChI=1S/C23H29N3O4S2/c1-5-25(6-2)14-15-26(22(27)18-10-8-9-11-21(18)32(4,28)29)23-24-19-13-12-17(30-7-3)16-20(19)31-23/h8-13,16H,5-7,14-15H2,1-4H3. The summed E-state index contributed by atoms with van der Waals surface area (Å²) in [7, 11) is -3.56. The first-order valence-corrected chi connectivity index (χ1v) is 13.4. The van der Waals surface area contributed by atoms with Crippen LogP contribution in [0.2, 0.25) is 0 Å². The largest absolute Gasteiger partial charge is 0.494 e. The highest BCUT2D eigenvalue weighted by atomic mass is 32.2. The van der Waals surface area contributed by atoms with E-state index in [0.717, 1.165) is 35.3 Å². The molecule has 32 heavy (non-hydrogen) atoms. The van der Waals surface area contributed by atoms with Gasteiger partial charge in [0.05, 0.1) is 27.3 Å². The number of thiazole rings is 1. The Balaban J connectivity index is 2.05. The second-order valence-electron chi connectivity index (χ2n) is 7.31. The molecule has 0 aliphatic carbocycles.